The van der Waals surface area contributed by atoms with Gasteiger partial charge in [0.05, 0.1) is 17.8 Å². The zero-order chi connectivity index (χ0) is 22.6. The second kappa shape index (κ2) is 9.71. The monoisotopic (exact) mass is 441 g/mol. The van der Waals surface area contributed by atoms with Crippen molar-refractivity contribution in [3.8, 4) is 28.3 Å². The van der Waals surface area contributed by atoms with Crippen molar-refractivity contribution in [3.05, 3.63) is 60.6 Å². The van der Waals surface area contributed by atoms with Crippen molar-refractivity contribution < 1.29 is 4.74 Å². The first kappa shape index (κ1) is 21.6. The summed E-state index contributed by atoms with van der Waals surface area (Å²) in [7, 11) is 0. The van der Waals surface area contributed by atoms with E-state index in [1.54, 1.807) is 0 Å². The first-order valence-corrected chi connectivity index (χ1v) is 12.0. The molecular formula is C27H31N5O. The van der Waals surface area contributed by atoms with E-state index in [2.05, 4.69) is 57.7 Å². The number of rotatable bonds is 9. The van der Waals surface area contributed by atoms with Crippen molar-refractivity contribution in [2.24, 2.45) is 0 Å². The summed E-state index contributed by atoms with van der Waals surface area (Å²) in [6.45, 7) is 9.30. The summed E-state index contributed by atoms with van der Waals surface area (Å²) in [6.07, 6.45) is 6.91. The van der Waals surface area contributed by atoms with Gasteiger partial charge < -0.3 is 9.64 Å². The molecule has 0 fully saturated rings. The van der Waals surface area contributed by atoms with Crippen molar-refractivity contribution in [2.75, 3.05) is 26.2 Å². The number of benzene rings is 1. The molecule has 6 heteroatoms. The maximum absolute atomic E-state index is 6.06. The van der Waals surface area contributed by atoms with Gasteiger partial charge in [0, 0.05) is 48.2 Å². The lowest BCUT2D eigenvalue weighted by Gasteiger charge is -2.17. The van der Waals surface area contributed by atoms with Gasteiger partial charge in [-0.15, -0.1) is 0 Å². The van der Waals surface area contributed by atoms with Crippen molar-refractivity contribution >= 4 is 10.9 Å². The number of ether oxygens (including phenoxy) is 1. The van der Waals surface area contributed by atoms with Crippen LogP contribution in [0.5, 0.6) is 5.75 Å². The topological polar surface area (TPSA) is 56.1 Å². The Labute approximate surface area is 195 Å². The molecule has 0 unspecified atom stereocenters. The Bertz CT molecular complexity index is 1230. The summed E-state index contributed by atoms with van der Waals surface area (Å²) in [6, 6.07) is 14.4. The minimum atomic E-state index is 0.711. The largest absolute Gasteiger partial charge is 0.493 e. The van der Waals surface area contributed by atoms with Crippen LogP contribution in [0.4, 0.5) is 0 Å². The highest BCUT2D eigenvalue weighted by atomic mass is 16.5. The van der Waals surface area contributed by atoms with Crippen LogP contribution in [-0.2, 0) is 13.0 Å². The SMILES string of the molecule is CCN(CC)CCCOc1ccc2c(-c3c(-c4ccccn4)nn4c3CCC4)ccnc2c1. The number of nitrogens with zero attached hydrogens (tertiary/aromatic N) is 5. The van der Waals surface area contributed by atoms with Gasteiger partial charge in [-0.3, -0.25) is 14.6 Å². The smallest absolute Gasteiger partial charge is 0.121 e. The van der Waals surface area contributed by atoms with E-state index in [1.165, 1.54) is 11.3 Å². The Balaban J connectivity index is 1.46. The average molecular weight is 442 g/mol. The Morgan fingerprint density at radius 2 is 1.94 bits per heavy atom. The molecule has 0 radical (unpaired) electrons. The lowest BCUT2D eigenvalue weighted by atomic mass is 9.96. The van der Waals surface area contributed by atoms with E-state index in [4.69, 9.17) is 9.84 Å². The molecule has 0 saturated heterocycles. The minimum Gasteiger partial charge on any atom is -0.493 e. The molecule has 33 heavy (non-hydrogen) atoms. The van der Waals surface area contributed by atoms with Gasteiger partial charge in [-0.2, -0.15) is 5.10 Å². The average Bonchev–Trinajstić information content (AvgIpc) is 3.46. The molecule has 0 bridgehead atoms. The molecule has 5 rings (SSSR count). The lowest BCUT2D eigenvalue weighted by molar-refractivity contribution is 0.249. The van der Waals surface area contributed by atoms with Crippen LogP contribution in [0.25, 0.3) is 33.4 Å². The predicted octanol–water partition coefficient (Wildman–Crippen LogP) is 5.22. The van der Waals surface area contributed by atoms with Gasteiger partial charge in [0.15, 0.2) is 0 Å². The number of aromatic nitrogens is 4. The molecule has 1 aliphatic heterocycles. The maximum atomic E-state index is 6.06. The number of pyridine rings is 2. The van der Waals surface area contributed by atoms with Crippen LogP contribution >= 0.6 is 0 Å². The highest BCUT2D eigenvalue weighted by Gasteiger charge is 2.25. The highest BCUT2D eigenvalue weighted by molar-refractivity contribution is 5.99. The van der Waals surface area contributed by atoms with E-state index in [0.29, 0.717) is 6.61 Å². The van der Waals surface area contributed by atoms with Gasteiger partial charge in [-0.25, -0.2) is 0 Å². The van der Waals surface area contributed by atoms with E-state index >= 15 is 0 Å². The molecule has 4 heterocycles. The zero-order valence-corrected chi connectivity index (χ0v) is 19.5. The van der Waals surface area contributed by atoms with Crippen LogP contribution in [0.2, 0.25) is 0 Å². The third-order valence-electron chi connectivity index (χ3n) is 6.51. The van der Waals surface area contributed by atoms with Crippen molar-refractivity contribution in [1.29, 1.82) is 0 Å². The van der Waals surface area contributed by atoms with Crippen molar-refractivity contribution in [1.82, 2.24) is 24.6 Å². The molecule has 1 aromatic carbocycles. The number of fused-ring (bicyclic) bond motifs is 2. The fourth-order valence-electron chi connectivity index (χ4n) is 4.75. The molecule has 0 N–H and O–H groups in total. The van der Waals surface area contributed by atoms with Gasteiger partial charge in [0.1, 0.15) is 11.4 Å². The summed E-state index contributed by atoms with van der Waals surface area (Å²) in [4.78, 5) is 11.7. The van der Waals surface area contributed by atoms with Crippen LogP contribution in [0.3, 0.4) is 0 Å². The summed E-state index contributed by atoms with van der Waals surface area (Å²) in [5.74, 6) is 0.872. The highest BCUT2D eigenvalue weighted by Crippen LogP contribution is 2.40. The standard InChI is InChI=1S/C27H31N5O/c1-3-31(4-2)16-8-18-33-20-11-12-21-22(13-15-29-24(21)19-20)26-25-10-7-17-32(25)30-27(26)23-9-5-6-14-28-23/h5-6,9,11-15,19H,3-4,7-8,10,16-18H2,1-2H3. The van der Waals surface area contributed by atoms with Gasteiger partial charge >= 0.3 is 0 Å². The van der Waals surface area contributed by atoms with E-state index in [-0.39, 0.29) is 0 Å². The molecule has 0 amide bonds. The molecule has 170 valence electrons. The normalized spacial score (nSPS) is 13.1. The van der Waals surface area contributed by atoms with Crippen LogP contribution in [0.15, 0.2) is 54.9 Å². The summed E-state index contributed by atoms with van der Waals surface area (Å²) >= 11 is 0. The zero-order valence-electron chi connectivity index (χ0n) is 19.5. The maximum Gasteiger partial charge on any atom is 0.121 e. The minimum absolute atomic E-state index is 0.711. The van der Waals surface area contributed by atoms with Crippen LogP contribution in [-0.4, -0.2) is 50.9 Å². The molecule has 0 atom stereocenters. The molecular weight excluding hydrogens is 410 g/mol. The van der Waals surface area contributed by atoms with Crippen LogP contribution in [0, 0.1) is 0 Å². The molecule has 4 aromatic rings. The van der Waals surface area contributed by atoms with Crippen LogP contribution in [0.1, 0.15) is 32.4 Å². The molecule has 0 saturated carbocycles. The first-order valence-electron chi connectivity index (χ1n) is 12.0. The first-order chi connectivity index (χ1) is 16.3. The molecule has 0 aliphatic carbocycles. The molecule has 6 nitrogen and oxygen atoms in total. The summed E-state index contributed by atoms with van der Waals surface area (Å²) in [5.41, 5.74) is 6.45. The lowest BCUT2D eigenvalue weighted by Crippen LogP contribution is -2.25. The fourth-order valence-corrected chi connectivity index (χ4v) is 4.75. The Hall–Kier alpha value is -3.25. The number of hydrogen-bond acceptors (Lipinski definition) is 5. The van der Waals surface area contributed by atoms with E-state index < -0.39 is 0 Å². The predicted molar refractivity (Wildman–Crippen MR) is 132 cm³/mol. The van der Waals surface area contributed by atoms with E-state index in [9.17, 15) is 0 Å². The third-order valence-corrected chi connectivity index (χ3v) is 6.51. The third kappa shape index (κ3) is 4.35. The second-order valence-electron chi connectivity index (χ2n) is 8.48. The Morgan fingerprint density at radius 1 is 1.03 bits per heavy atom. The number of aryl methyl sites for hydroxylation is 1. The summed E-state index contributed by atoms with van der Waals surface area (Å²) in [5, 5.41) is 6.06. The van der Waals surface area contributed by atoms with E-state index in [1.807, 2.05) is 30.6 Å². The second-order valence-corrected chi connectivity index (χ2v) is 8.48. The van der Waals surface area contributed by atoms with Gasteiger partial charge in [-0.1, -0.05) is 19.9 Å². The number of hydrogen-bond donors (Lipinski definition) is 0. The quantitative estimate of drug-likeness (QED) is 0.334. The van der Waals surface area contributed by atoms with Crippen molar-refractivity contribution in [3.63, 3.8) is 0 Å². The van der Waals surface area contributed by atoms with Crippen molar-refractivity contribution in [2.45, 2.75) is 39.7 Å². The van der Waals surface area contributed by atoms with E-state index in [0.717, 1.165) is 79.0 Å². The Morgan fingerprint density at radius 3 is 2.76 bits per heavy atom. The molecule has 3 aromatic heterocycles. The van der Waals surface area contributed by atoms with Gasteiger partial charge in [-0.05, 0) is 68.2 Å². The van der Waals surface area contributed by atoms with Gasteiger partial charge in [0.2, 0.25) is 0 Å². The Kier molecular flexibility index (Phi) is 6.35. The van der Waals surface area contributed by atoms with Crippen LogP contribution < -0.4 is 4.74 Å². The fraction of sp³-hybridized carbons (Fsp3) is 0.370. The summed E-state index contributed by atoms with van der Waals surface area (Å²) < 4.78 is 8.21. The molecule has 0 spiro atoms. The van der Waals surface area contributed by atoms with Gasteiger partial charge in [0.25, 0.3) is 0 Å². The molecule has 1 aliphatic rings.